The van der Waals surface area contributed by atoms with Crippen LogP contribution in [0.2, 0.25) is 0 Å². The number of nitrogens with two attached hydrogens (primary N) is 1. The minimum Gasteiger partial charge on any atom is -0.503 e. The van der Waals surface area contributed by atoms with Crippen LogP contribution in [0.5, 0.6) is 5.75 Å². The molecule has 1 atom stereocenters. The molecule has 2 aromatic carbocycles. The molecule has 9 nitrogen and oxygen atoms in total. The molecule has 1 unspecified atom stereocenters. The second-order valence-corrected chi connectivity index (χ2v) is 9.14. The van der Waals surface area contributed by atoms with Crippen molar-refractivity contribution in [3.63, 3.8) is 0 Å². The van der Waals surface area contributed by atoms with Crippen molar-refractivity contribution in [2.75, 3.05) is 11.5 Å². The average molecular weight is 476 g/mol. The number of Topliss-reactive ketones (excluding diaryl/α,β-unsaturated/α-hetero) is 1. The van der Waals surface area contributed by atoms with Crippen LogP contribution in [0.1, 0.15) is 32.4 Å². The Morgan fingerprint density at radius 1 is 1.11 bits per heavy atom. The van der Waals surface area contributed by atoms with E-state index in [0.29, 0.717) is 16.9 Å². The summed E-state index contributed by atoms with van der Waals surface area (Å²) in [5, 5.41) is 14.8. The number of para-hydroxylation sites is 1. The van der Waals surface area contributed by atoms with Crippen LogP contribution in [0, 0.1) is 5.41 Å². The molecule has 35 heavy (non-hydrogen) atoms. The maximum Gasteiger partial charge on any atom is 0.294 e. The van der Waals surface area contributed by atoms with E-state index in [4.69, 9.17) is 15.0 Å². The van der Waals surface area contributed by atoms with Gasteiger partial charge in [0.05, 0.1) is 11.6 Å². The number of aliphatic hydroxyl groups is 1. The number of anilines is 1. The maximum absolute atomic E-state index is 13.4. The van der Waals surface area contributed by atoms with E-state index in [1.807, 2.05) is 0 Å². The number of aromatic nitrogens is 1. The molecule has 1 aliphatic rings. The molecular formula is C26H25N3O6. The number of benzene rings is 2. The Morgan fingerprint density at radius 3 is 2.40 bits per heavy atom. The van der Waals surface area contributed by atoms with E-state index in [-0.39, 0.29) is 23.7 Å². The number of ether oxygens (including phenoxy) is 1. The standard InChI is InChI=1S/C26H25N3O6/c1-26(2,3)24(32)21-22(17-6-4-5-7-19(17)34-14-20(27)30)29(25(33)23(21)31)16-10-8-15(9-11-16)18-12-13-35-28-18/h4-13,22,31H,14H2,1-3H3,(H2,27,30). The number of carbonyl (C=O) groups is 3. The Morgan fingerprint density at radius 2 is 1.80 bits per heavy atom. The number of hydrogen-bond acceptors (Lipinski definition) is 7. The van der Waals surface area contributed by atoms with Gasteiger partial charge in [0.2, 0.25) is 0 Å². The molecule has 9 heteroatoms. The van der Waals surface area contributed by atoms with Gasteiger partial charge in [0, 0.05) is 28.3 Å². The fraction of sp³-hybridized carbons (Fsp3) is 0.231. The normalized spacial score (nSPS) is 16.0. The topological polar surface area (TPSA) is 136 Å². The molecule has 3 N–H and O–H groups in total. The Bertz CT molecular complexity index is 1300. The third-order valence-corrected chi connectivity index (χ3v) is 5.60. The van der Waals surface area contributed by atoms with Crippen molar-refractivity contribution < 1.29 is 28.8 Å². The number of hydrogen-bond donors (Lipinski definition) is 2. The second-order valence-electron chi connectivity index (χ2n) is 9.14. The molecule has 1 aliphatic heterocycles. The smallest absolute Gasteiger partial charge is 0.294 e. The van der Waals surface area contributed by atoms with Gasteiger partial charge in [-0.25, -0.2) is 0 Å². The number of amides is 2. The molecule has 0 fully saturated rings. The number of primary amides is 1. The highest BCUT2D eigenvalue weighted by Crippen LogP contribution is 2.46. The summed E-state index contributed by atoms with van der Waals surface area (Å²) >= 11 is 0. The van der Waals surface area contributed by atoms with E-state index in [1.54, 1.807) is 75.4 Å². The van der Waals surface area contributed by atoms with Crippen LogP contribution in [-0.2, 0) is 14.4 Å². The van der Waals surface area contributed by atoms with Crippen molar-refractivity contribution in [1.82, 2.24) is 5.16 Å². The fourth-order valence-electron chi connectivity index (χ4n) is 3.94. The van der Waals surface area contributed by atoms with E-state index in [9.17, 15) is 19.5 Å². The molecule has 0 saturated heterocycles. The van der Waals surface area contributed by atoms with E-state index < -0.39 is 29.0 Å². The van der Waals surface area contributed by atoms with Crippen LogP contribution >= 0.6 is 0 Å². The van der Waals surface area contributed by atoms with Crippen LogP contribution < -0.4 is 15.4 Å². The zero-order valence-corrected chi connectivity index (χ0v) is 19.5. The first-order chi connectivity index (χ1) is 16.6. The highest BCUT2D eigenvalue weighted by Gasteiger charge is 2.47. The van der Waals surface area contributed by atoms with Crippen molar-refractivity contribution in [1.29, 1.82) is 0 Å². The van der Waals surface area contributed by atoms with Crippen LogP contribution in [-0.4, -0.2) is 34.5 Å². The van der Waals surface area contributed by atoms with E-state index in [0.717, 1.165) is 5.56 Å². The van der Waals surface area contributed by atoms with Gasteiger partial charge >= 0.3 is 0 Å². The minimum atomic E-state index is -0.990. The van der Waals surface area contributed by atoms with E-state index in [1.165, 1.54) is 11.2 Å². The molecule has 1 aromatic heterocycles. The largest absolute Gasteiger partial charge is 0.503 e. The Hall–Kier alpha value is -4.40. The second kappa shape index (κ2) is 9.09. The van der Waals surface area contributed by atoms with E-state index in [2.05, 4.69) is 5.16 Å². The molecule has 2 amide bonds. The number of nitrogens with zero attached hydrogens (tertiary/aromatic N) is 2. The predicted molar refractivity (Wildman–Crippen MR) is 127 cm³/mol. The summed E-state index contributed by atoms with van der Waals surface area (Å²) in [5.74, 6) is -2.14. The van der Waals surface area contributed by atoms with Gasteiger partial charge in [-0.1, -0.05) is 56.3 Å². The van der Waals surface area contributed by atoms with Gasteiger partial charge in [0.1, 0.15) is 17.7 Å². The first-order valence-electron chi connectivity index (χ1n) is 10.9. The third-order valence-electron chi connectivity index (χ3n) is 5.60. The van der Waals surface area contributed by atoms with Gasteiger partial charge in [0.25, 0.3) is 11.8 Å². The fourth-order valence-corrected chi connectivity index (χ4v) is 3.94. The zero-order valence-electron chi connectivity index (χ0n) is 19.5. The summed E-state index contributed by atoms with van der Waals surface area (Å²) in [6.45, 7) is 4.74. The van der Waals surface area contributed by atoms with Crippen LogP contribution in [0.3, 0.4) is 0 Å². The van der Waals surface area contributed by atoms with Crippen LogP contribution in [0.15, 0.2) is 76.7 Å². The SMILES string of the molecule is CC(C)(C)C(=O)C1=C(O)C(=O)N(c2ccc(-c3ccon3)cc2)C1c1ccccc1OCC(N)=O. The Balaban J connectivity index is 1.85. The summed E-state index contributed by atoms with van der Waals surface area (Å²) < 4.78 is 10.5. The monoisotopic (exact) mass is 475 g/mol. The Kier molecular flexibility index (Phi) is 6.17. The number of rotatable bonds is 7. The quantitative estimate of drug-likeness (QED) is 0.531. The highest BCUT2D eigenvalue weighted by molar-refractivity contribution is 6.17. The van der Waals surface area contributed by atoms with Crippen molar-refractivity contribution in [3.8, 4) is 17.0 Å². The molecule has 2 heterocycles. The molecular weight excluding hydrogens is 450 g/mol. The summed E-state index contributed by atoms with van der Waals surface area (Å²) in [6.07, 6.45) is 1.46. The third kappa shape index (κ3) is 4.52. The highest BCUT2D eigenvalue weighted by atomic mass is 16.5. The van der Waals surface area contributed by atoms with Crippen molar-refractivity contribution in [2.45, 2.75) is 26.8 Å². The first kappa shape index (κ1) is 23.7. The summed E-state index contributed by atoms with van der Waals surface area (Å²) in [7, 11) is 0. The van der Waals surface area contributed by atoms with Crippen molar-refractivity contribution in [2.24, 2.45) is 11.1 Å². The van der Waals surface area contributed by atoms with Gasteiger partial charge in [-0.15, -0.1) is 0 Å². The number of aliphatic hydroxyl groups excluding tert-OH is 1. The van der Waals surface area contributed by atoms with Crippen molar-refractivity contribution >= 4 is 23.3 Å². The Labute approximate surface area is 201 Å². The summed E-state index contributed by atoms with van der Waals surface area (Å²) in [4.78, 5) is 39.5. The van der Waals surface area contributed by atoms with Gasteiger partial charge in [-0.3, -0.25) is 19.3 Å². The van der Waals surface area contributed by atoms with Crippen LogP contribution in [0.25, 0.3) is 11.3 Å². The molecule has 4 rings (SSSR count). The predicted octanol–water partition coefficient (Wildman–Crippen LogP) is 3.72. The lowest BCUT2D eigenvalue weighted by molar-refractivity contribution is -0.123. The molecule has 0 radical (unpaired) electrons. The van der Waals surface area contributed by atoms with Gasteiger partial charge < -0.3 is 20.1 Å². The number of carbonyl (C=O) groups excluding carboxylic acids is 3. The molecule has 180 valence electrons. The van der Waals surface area contributed by atoms with Crippen LogP contribution in [0.4, 0.5) is 5.69 Å². The van der Waals surface area contributed by atoms with Crippen molar-refractivity contribution in [3.05, 3.63) is 77.8 Å². The summed E-state index contributed by atoms with van der Waals surface area (Å²) in [6, 6.07) is 14.3. The summed E-state index contributed by atoms with van der Waals surface area (Å²) in [5.41, 5.74) is 6.59. The minimum absolute atomic E-state index is 0.0433. The van der Waals surface area contributed by atoms with Gasteiger partial charge in [-0.05, 0) is 18.2 Å². The molecule has 3 aromatic rings. The maximum atomic E-state index is 13.4. The molecule has 0 spiro atoms. The average Bonchev–Trinajstić information content (AvgIpc) is 3.44. The molecule has 0 aliphatic carbocycles. The van der Waals surface area contributed by atoms with Gasteiger partial charge in [0.15, 0.2) is 18.1 Å². The lowest BCUT2D eigenvalue weighted by atomic mass is 9.82. The van der Waals surface area contributed by atoms with Gasteiger partial charge in [-0.2, -0.15) is 0 Å². The first-order valence-corrected chi connectivity index (χ1v) is 10.9. The number of ketones is 1. The molecule has 0 saturated carbocycles. The lowest BCUT2D eigenvalue weighted by Crippen LogP contribution is -2.33. The molecule has 0 bridgehead atoms. The zero-order chi connectivity index (χ0) is 25.3. The lowest BCUT2D eigenvalue weighted by Gasteiger charge is -2.30. The van der Waals surface area contributed by atoms with E-state index >= 15 is 0 Å².